The lowest BCUT2D eigenvalue weighted by molar-refractivity contribution is -0.140. The van der Waals surface area contributed by atoms with Gasteiger partial charge in [-0.25, -0.2) is 4.79 Å². The minimum atomic E-state index is -0.330. The molecule has 0 radical (unpaired) electrons. The van der Waals surface area contributed by atoms with E-state index in [0.29, 0.717) is 17.9 Å². The summed E-state index contributed by atoms with van der Waals surface area (Å²) in [6.07, 6.45) is 8.47. The van der Waals surface area contributed by atoms with Crippen molar-refractivity contribution in [1.82, 2.24) is 0 Å². The van der Waals surface area contributed by atoms with Crippen LogP contribution in [0.3, 0.4) is 0 Å². The van der Waals surface area contributed by atoms with E-state index in [1.807, 2.05) is 30.3 Å². The Morgan fingerprint density at radius 1 is 0.824 bits per heavy atom. The molecule has 3 aromatic carbocycles. The lowest BCUT2D eigenvalue weighted by Gasteiger charge is -2.14. The molecule has 0 spiro atoms. The maximum atomic E-state index is 11.7. The fourth-order valence-electron chi connectivity index (χ4n) is 4.00. The van der Waals surface area contributed by atoms with Crippen LogP contribution in [0, 0.1) is 5.92 Å². The van der Waals surface area contributed by atoms with Gasteiger partial charge < -0.3 is 9.47 Å². The maximum absolute atomic E-state index is 11.7. The average molecular weight is 457 g/mol. The summed E-state index contributed by atoms with van der Waals surface area (Å²) in [6.45, 7) is 0. The predicted molar refractivity (Wildman–Crippen MR) is 136 cm³/mol. The second kappa shape index (κ2) is 13.1. The van der Waals surface area contributed by atoms with E-state index in [2.05, 4.69) is 60.7 Å². The van der Waals surface area contributed by atoms with Gasteiger partial charge in [0.25, 0.3) is 0 Å². The summed E-state index contributed by atoms with van der Waals surface area (Å²) in [5.74, 6) is -0.198. The maximum Gasteiger partial charge on any atom is 0.337 e. The zero-order valence-corrected chi connectivity index (χ0v) is 19.9. The number of rotatable bonds is 11. The zero-order valence-electron chi connectivity index (χ0n) is 19.9. The SMILES string of the molecule is COC(=O)CCCCC(/C=C/c1ccccc1-c1ccccc1)Cc1ccc(C(=O)OC)cc1. The summed E-state index contributed by atoms with van der Waals surface area (Å²) in [6, 6.07) is 26.4. The van der Waals surface area contributed by atoms with Gasteiger partial charge in [0.15, 0.2) is 0 Å². The van der Waals surface area contributed by atoms with Crippen molar-refractivity contribution in [2.45, 2.75) is 32.1 Å². The van der Waals surface area contributed by atoms with Crippen LogP contribution in [0.25, 0.3) is 17.2 Å². The highest BCUT2D eigenvalue weighted by Gasteiger charge is 2.11. The average Bonchev–Trinajstić information content (AvgIpc) is 2.90. The zero-order chi connectivity index (χ0) is 24.2. The number of hydrogen-bond acceptors (Lipinski definition) is 4. The van der Waals surface area contributed by atoms with Gasteiger partial charge in [0, 0.05) is 6.42 Å². The molecule has 0 saturated carbocycles. The van der Waals surface area contributed by atoms with Crippen LogP contribution in [0.4, 0.5) is 0 Å². The Balaban J connectivity index is 1.76. The van der Waals surface area contributed by atoms with Crippen LogP contribution < -0.4 is 0 Å². The number of carbonyl (C=O) groups is 2. The van der Waals surface area contributed by atoms with Gasteiger partial charge in [-0.15, -0.1) is 0 Å². The van der Waals surface area contributed by atoms with Gasteiger partial charge in [-0.1, -0.05) is 85.3 Å². The van der Waals surface area contributed by atoms with Crippen molar-refractivity contribution in [1.29, 1.82) is 0 Å². The van der Waals surface area contributed by atoms with E-state index < -0.39 is 0 Å². The van der Waals surface area contributed by atoms with Crippen LogP contribution in [0.2, 0.25) is 0 Å². The summed E-state index contributed by atoms with van der Waals surface area (Å²) in [4.78, 5) is 23.2. The van der Waals surface area contributed by atoms with E-state index in [1.165, 1.54) is 30.9 Å². The molecule has 1 atom stereocenters. The second-order valence-corrected chi connectivity index (χ2v) is 8.29. The highest BCUT2D eigenvalue weighted by Crippen LogP contribution is 2.26. The molecule has 0 bridgehead atoms. The molecule has 4 nitrogen and oxygen atoms in total. The number of benzene rings is 3. The van der Waals surface area contributed by atoms with Crippen LogP contribution in [-0.4, -0.2) is 26.2 Å². The molecule has 0 saturated heterocycles. The van der Waals surface area contributed by atoms with Crippen molar-refractivity contribution in [2.75, 3.05) is 14.2 Å². The first-order valence-electron chi connectivity index (χ1n) is 11.7. The molecule has 0 aliphatic rings. The third-order valence-electron chi connectivity index (χ3n) is 5.90. The Kier molecular flexibility index (Phi) is 9.65. The molecule has 34 heavy (non-hydrogen) atoms. The third-order valence-corrected chi connectivity index (χ3v) is 5.90. The van der Waals surface area contributed by atoms with Gasteiger partial charge in [-0.05, 0) is 59.6 Å². The van der Waals surface area contributed by atoms with Gasteiger partial charge in [-0.3, -0.25) is 4.79 Å². The largest absolute Gasteiger partial charge is 0.469 e. The van der Waals surface area contributed by atoms with Crippen LogP contribution >= 0.6 is 0 Å². The molecule has 176 valence electrons. The summed E-state index contributed by atoms with van der Waals surface area (Å²) in [5, 5.41) is 0. The lowest BCUT2D eigenvalue weighted by Crippen LogP contribution is -2.05. The quantitative estimate of drug-likeness (QED) is 0.237. The molecule has 3 rings (SSSR count). The number of methoxy groups -OCH3 is 2. The van der Waals surface area contributed by atoms with Crippen molar-refractivity contribution in [2.24, 2.45) is 5.92 Å². The second-order valence-electron chi connectivity index (χ2n) is 8.29. The normalized spacial score (nSPS) is 11.8. The Bertz CT molecular complexity index is 1080. The smallest absolute Gasteiger partial charge is 0.337 e. The van der Waals surface area contributed by atoms with Crippen molar-refractivity contribution in [3.63, 3.8) is 0 Å². The van der Waals surface area contributed by atoms with Crippen LogP contribution in [0.1, 0.15) is 47.2 Å². The van der Waals surface area contributed by atoms with Crippen molar-refractivity contribution >= 4 is 18.0 Å². The van der Waals surface area contributed by atoms with Crippen molar-refractivity contribution in [3.8, 4) is 11.1 Å². The van der Waals surface area contributed by atoms with E-state index in [-0.39, 0.29) is 11.9 Å². The van der Waals surface area contributed by atoms with E-state index in [4.69, 9.17) is 9.47 Å². The fourth-order valence-corrected chi connectivity index (χ4v) is 4.00. The Hall–Kier alpha value is -3.66. The summed E-state index contributed by atoms with van der Waals surface area (Å²) < 4.78 is 9.56. The molecule has 0 amide bonds. The number of ether oxygens (including phenoxy) is 2. The highest BCUT2D eigenvalue weighted by molar-refractivity contribution is 5.89. The molecule has 3 aromatic rings. The first kappa shape index (κ1) is 25.0. The Morgan fingerprint density at radius 3 is 2.24 bits per heavy atom. The van der Waals surface area contributed by atoms with E-state index in [0.717, 1.165) is 31.2 Å². The monoisotopic (exact) mass is 456 g/mol. The molecule has 0 fully saturated rings. The van der Waals surface area contributed by atoms with Crippen LogP contribution in [0.15, 0.2) is 84.9 Å². The molecule has 4 heteroatoms. The lowest BCUT2D eigenvalue weighted by atomic mass is 9.91. The summed E-state index contributed by atoms with van der Waals surface area (Å²) in [7, 11) is 2.81. The van der Waals surface area contributed by atoms with Gasteiger partial charge in [0.05, 0.1) is 19.8 Å². The number of carbonyl (C=O) groups excluding carboxylic acids is 2. The van der Waals surface area contributed by atoms with Gasteiger partial charge >= 0.3 is 11.9 Å². The third kappa shape index (κ3) is 7.45. The Morgan fingerprint density at radius 2 is 1.53 bits per heavy atom. The van der Waals surface area contributed by atoms with Gasteiger partial charge in [0.2, 0.25) is 0 Å². The molecule has 0 aromatic heterocycles. The first-order chi connectivity index (χ1) is 16.6. The van der Waals surface area contributed by atoms with Crippen molar-refractivity contribution in [3.05, 3.63) is 102 Å². The molecule has 1 unspecified atom stereocenters. The minimum absolute atomic E-state index is 0.165. The molecule has 0 heterocycles. The molecule has 0 aliphatic carbocycles. The molecule has 0 aliphatic heterocycles. The Labute approximate surface area is 202 Å². The standard InChI is InChI=1S/C30H32O4/c1-33-29(31)15-9-6-10-23(22-24-17-20-27(21-18-24)30(32)34-2)16-19-26-13-7-8-14-28(26)25-11-4-3-5-12-25/h3-5,7-8,11-14,16-21,23H,6,9-10,15,22H2,1-2H3/b19-16+. The molecule has 0 N–H and O–H groups in total. The van der Waals surface area contributed by atoms with E-state index in [9.17, 15) is 9.59 Å². The first-order valence-corrected chi connectivity index (χ1v) is 11.7. The number of unbranched alkanes of at least 4 members (excludes halogenated alkanes) is 1. The van der Waals surface area contributed by atoms with Crippen molar-refractivity contribution < 1.29 is 19.1 Å². The predicted octanol–water partition coefficient (Wildman–Crippen LogP) is 6.75. The fraction of sp³-hybridized carbons (Fsp3) is 0.267. The van der Waals surface area contributed by atoms with Crippen LogP contribution in [0.5, 0.6) is 0 Å². The van der Waals surface area contributed by atoms with Gasteiger partial charge in [-0.2, -0.15) is 0 Å². The summed E-state index contributed by atoms with van der Waals surface area (Å²) >= 11 is 0. The van der Waals surface area contributed by atoms with E-state index >= 15 is 0 Å². The topological polar surface area (TPSA) is 52.6 Å². The molecular formula is C30H32O4. The number of hydrogen-bond donors (Lipinski definition) is 0. The number of allylic oxidation sites excluding steroid dienone is 1. The minimum Gasteiger partial charge on any atom is -0.469 e. The van der Waals surface area contributed by atoms with Gasteiger partial charge in [0.1, 0.15) is 0 Å². The number of esters is 2. The highest BCUT2D eigenvalue weighted by atomic mass is 16.5. The molecular weight excluding hydrogens is 424 g/mol. The van der Waals surface area contributed by atoms with Crippen LogP contribution in [-0.2, 0) is 20.7 Å². The summed E-state index contributed by atoms with van der Waals surface area (Å²) in [5.41, 5.74) is 5.27. The van der Waals surface area contributed by atoms with E-state index in [1.54, 1.807) is 0 Å².